The van der Waals surface area contributed by atoms with Gasteiger partial charge in [-0.2, -0.15) is 0 Å². The van der Waals surface area contributed by atoms with Crippen LogP contribution in [0.25, 0.3) is 11.2 Å². The molecule has 2 aromatic heterocycles. The van der Waals surface area contributed by atoms with E-state index >= 15 is 0 Å². The van der Waals surface area contributed by atoms with Crippen LogP contribution in [-0.4, -0.2) is 39.6 Å². The van der Waals surface area contributed by atoms with E-state index in [1.54, 1.807) is 6.20 Å². The highest BCUT2D eigenvalue weighted by Gasteiger charge is 2.06. The fourth-order valence-electron chi connectivity index (χ4n) is 1.65. The van der Waals surface area contributed by atoms with Gasteiger partial charge in [0.1, 0.15) is 0 Å². The molecule has 2 heterocycles. The van der Waals surface area contributed by atoms with Crippen molar-refractivity contribution in [3.05, 3.63) is 22.1 Å². The maximum absolute atomic E-state index is 5.90. The number of pyridine rings is 1. The average Bonchev–Trinajstić information content (AvgIpc) is 2.61. The van der Waals surface area contributed by atoms with Crippen molar-refractivity contribution in [2.45, 2.75) is 13.5 Å². The van der Waals surface area contributed by atoms with Crippen LogP contribution in [0.15, 0.2) is 12.3 Å². The van der Waals surface area contributed by atoms with Crippen molar-refractivity contribution in [3.63, 3.8) is 0 Å². The SMILES string of the molecule is CCN(C)CCn1c(=S)[nH]c2cc(Cl)cnc21. The summed E-state index contributed by atoms with van der Waals surface area (Å²) >= 11 is 11.2. The van der Waals surface area contributed by atoms with Crippen molar-refractivity contribution in [2.24, 2.45) is 0 Å². The molecule has 0 bridgehead atoms. The van der Waals surface area contributed by atoms with Crippen LogP contribution in [0, 0.1) is 4.77 Å². The van der Waals surface area contributed by atoms with Gasteiger partial charge in [0.05, 0.1) is 10.5 Å². The summed E-state index contributed by atoms with van der Waals surface area (Å²) in [4.78, 5) is 9.67. The van der Waals surface area contributed by atoms with E-state index in [0.29, 0.717) is 9.79 Å². The third-order valence-corrected chi connectivity index (χ3v) is 3.35. The summed E-state index contributed by atoms with van der Waals surface area (Å²) in [5.41, 5.74) is 1.76. The molecular weight excluding hydrogens is 256 g/mol. The van der Waals surface area contributed by atoms with Gasteiger partial charge in [0.2, 0.25) is 0 Å². The topological polar surface area (TPSA) is 36.9 Å². The smallest absolute Gasteiger partial charge is 0.179 e. The molecule has 2 aromatic rings. The Morgan fingerprint density at radius 3 is 3.06 bits per heavy atom. The third-order valence-electron chi connectivity index (χ3n) is 2.82. The van der Waals surface area contributed by atoms with Crippen molar-refractivity contribution in [1.29, 1.82) is 0 Å². The number of hydrogen-bond acceptors (Lipinski definition) is 3. The molecule has 0 unspecified atom stereocenters. The van der Waals surface area contributed by atoms with Gasteiger partial charge in [-0.05, 0) is 31.9 Å². The maximum Gasteiger partial charge on any atom is 0.179 e. The monoisotopic (exact) mass is 270 g/mol. The van der Waals surface area contributed by atoms with Crippen molar-refractivity contribution in [3.8, 4) is 0 Å². The Bertz CT molecular complexity index is 574. The molecule has 0 amide bonds. The van der Waals surface area contributed by atoms with Gasteiger partial charge in [0, 0.05) is 19.3 Å². The zero-order chi connectivity index (χ0) is 12.4. The third kappa shape index (κ3) is 2.68. The first-order valence-electron chi connectivity index (χ1n) is 5.54. The number of imidazole rings is 1. The molecule has 92 valence electrons. The summed E-state index contributed by atoms with van der Waals surface area (Å²) in [5, 5.41) is 0.617. The number of fused-ring (bicyclic) bond motifs is 1. The number of halogens is 1. The highest BCUT2D eigenvalue weighted by Crippen LogP contribution is 2.16. The zero-order valence-electron chi connectivity index (χ0n) is 9.90. The number of aromatic amines is 1. The summed E-state index contributed by atoms with van der Waals surface area (Å²) < 4.78 is 2.70. The number of hydrogen-bond donors (Lipinski definition) is 1. The predicted octanol–water partition coefficient (Wildman–Crippen LogP) is 2.70. The molecular formula is C11H15ClN4S. The second-order valence-electron chi connectivity index (χ2n) is 4.00. The molecule has 2 rings (SSSR count). The van der Waals surface area contributed by atoms with Crippen LogP contribution < -0.4 is 0 Å². The van der Waals surface area contributed by atoms with E-state index in [1.165, 1.54) is 0 Å². The molecule has 0 radical (unpaired) electrons. The summed E-state index contributed by atoms with van der Waals surface area (Å²) in [6.45, 7) is 4.93. The first-order chi connectivity index (χ1) is 8.11. The second-order valence-corrected chi connectivity index (χ2v) is 4.83. The lowest BCUT2D eigenvalue weighted by Crippen LogP contribution is -2.22. The molecule has 0 spiro atoms. The van der Waals surface area contributed by atoms with Crippen LogP contribution >= 0.6 is 23.8 Å². The van der Waals surface area contributed by atoms with E-state index < -0.39 is 0 Å². The lowest BCUT2D eigenvalue weighted by molar-refractivity contribution is 0.336. The predicted molar refractivity (Wildman–Crippen MR) is 73.1 cm³/mol. The molecule has 0 fully saturated rings. The van der Waals surface area contributed by atoms with E-state index in [0.717, 1.165) is 30.8 Å². The quantitative estimate of drug-likeness (QED) is 0.868. The summed E-state index contributed by atoms with van der Waals surface area (Å²) in [5.74, 6) is 0. The van der Waals surface area contributed by atoms with Gasteiger partial charge in [-0.3, -0.25) is 0 Å². The van der Waals surface area contributed by atoms with Gasteiger partial charge in [-0.15, -0.1) is 0 Å². The lowest BCUT2D eigenvalue weighted by Gasteiger charge is -2.13. The van der Waals surface area contributed by atoms with Crippen LogP contribution in [0.3, 0.4) is 0 Å². The van der Waals surface area contributed by atoms with Gasteiger partial charge < -0.3 is 14.5 Å². The molecule has 0 saturated heterocycles. The minimum atomic E-state index is 0.617. The van der Waals surface area contributed by atoms with Gasteiger partial charge in [-0.25, -0.2) is 4.98 Å². The van der Waals surface area contributed by atoms with Crippen molar-refractivity contribution in [2.75, 3.05) is 20.1 Å². The minimum absolute atomic E-state index is 0.617. The molecule has 0 aromatic carbocycles. The van der Waals surface area contributed by atoms with Gasteiger partial charge in [0.15, 0.2) is 10.4 Å². The number of likely N-dealkylation sites (N-methyl/N-ethyl adjacent to an activating group) is 1. The minimum Gasteiger partial charge on any atom is -0.329 e. The summed E-state index contributed by atoms with van der Waals surface area (Å²) in [6, 6.07) is 1.85. The molecule has 1 N–H and O–H groups in total. The fraction of sp³-hybridized carbons (Fsp3) is 0.455. The Labute approximate surface area is 110 Å². The van der Waals surface area contributed by atoms with Gasteiger partial charge >= 0.3 is 0 Å². The standard InChI is InChI=1S/C11H15ClN4S/c1-3-15(2)4-5-16-10-9(14-11(16)17)6-8(12)7-13-10/h6-7H,3-5H2,1-2H3,(H,14,17). The van der Waals surface area contributed by atoms with Crippen molar-refractivity contribution in [1.82, 2.24) is 19.4 Å². The Kier molecular flexibility index (Phi) is 3.81. The highest BCUT2D eigenvalue weighted by atomic mass is 35.5. The number of nitrogens with zero attached hydrogens (tertiary/aromatic N) is 3. The van der Waals surface area contributed by atoms with Gasteiger partial charge in [-0.1, -0.05) is 18.5 Å². The molecule has 4 nitrogen and oxygen atoms in total. The Hall–Kier alpha value is -0.910. The number of aromatic nitrogens is 3. The molecule has 0 aliphatic carbocycles. The van der Waals surface area contributed by atoms with Crippen LogP contribution in [0.5, 0.6) is 0 Å². The van der Waals surface area contributed by atoms with Gasteiger partial charge in [0.25, 0.3) is 0 Å². The Morgan fingerprint density at radius 2 is 2.35 bits per heavy atom. The summed E-state index contributed by atoms with van der Waals surface area (Å²) in [6.07, 6.45) is 1.65. The largest absolute Gasteiger partial charge is 0.329 e. The number of rotatable bonds is 4. The van der Waals surface area contributed by atoms with Crippen LogP contribution in [0.2, 0.25) is 5.02 Å². The Balaban J connectivity index is 2.33. The number of nitrogens with one attached hydrogen (secondary N) is 1. The molecule has 0 atom stereocenters. The summed E-state index contributed by atoms with van der Waals surface area (Å²) in [7, 11) is 2.09. The first kappa shape index (κ1) is 12.5. The molecule has 0 aliphatic heterocycles. The maximum atomic E-state index is 5.90. The van der Waals surface area contributed by atoms with E-state index in [4.69, 9.17) is 23.8 Å². The van der Waals surface area contributed by atoms with E-state index in [2.05, 4.69) is 28.8 Å². The van der Waals surface area contributed by atoms with E-state index in [1.807, 2.05) is 10.6 Å². The van der Waals surface area contributed by atoms with E-state index in [-0.39, 0.29) is 0 Å². The van der Waals surface area contributed by atoms with Crippen molar-refractivity contribution < 1.29 is 0 Å². The fourth-order valence-corrected chi connectivity index (χ4v) is 2.10. The molecule has 0 aliphatic rings. The zero-order valence-corrected chi connectivity index (χ0v) is 11.5. The second kappa shape index (κ2) is 5.16. The normalized spacial score (nSPS) is 11.5. The molecule has 17 heavy (non-hydrogen) atoms. The molecule has 6 heteroatoms. The van der Waals surface area contributed by atoms with E-state index in [9.17, 15) is 0 Å². The Morgan fingerprint density at radius 1 is 1.59 bits per heavy atom. The first-order valence-corrected chi connectivity index (χ1v) is 6.33. The highest BCUT2D eigenvalue weighted by molar-refractivity contribution is 7.71. The van der Waals surface area contributed by atoms with Crippen LogP contribution in [-0.2, 0) is 6.54 Å². The van der Waals surface area contributed by atoms with Crippen LogP contribution in [0.4, 0.5) is 0 Å². The molecule has 0 saturated carbocycles. The number of H-pyrrole nitrogens is 1. The van der Waals surface area contributed by atoms with Crippen LogP contribution in [0.1, 0.15) is 6.92 Å². The average molecular weight is 271 g/mol. The lowest BCUT2D eigenvalue weighted by atomic mass is 10.4. The van der Waals surface area contributed by atoms with Crippen molar-refractivity contribution >= 4 is 35.0 Å².